The van der Waals surface area contributed by atoms with Gasteiger partial charge in [0.1, 0.15) is 11.5 Å². The van der Waals surface area contributed by atoms with Gasteiger partial charge in [-0.05, 0) is 17.7 Å². The number of hydrazone groups is 1. The lowest BCUT2D eigenvalue weighted by atomic mass is 9.83. The Morgan fingerprint density at radius 1 is 1.19 bits per heavy atom. The van der Waals surface area contributed by atoms with Crippen LogP contribution in [0.5, 0.6) is 0 Å². The molecule has 1 atom stereocenters. The highest BCUT2D eigenvalue weighted by Gasteiger charge is 2.40. The van der Waals surface area contributed by atoms with Crippen molar-refractivity contribution in [3.8, 4) is 6.07 Å². The van der Waals surface area contributed by atoms with Crippen LogP contribution in [0.4, 0.5) is 5.69 Å². The molecule has 0 spiro atoms. The molecule has 2 aromatic carbocycles. The highest BCUT2D eigenvalue weighted by molar-refractivity contribution is 6.43. The number of anilines is 1. The molecule has 2 aliphatic rings. The standard InChI is InChI=1S/C21H16N4O2/c1-2-17(26)19-18(13-8-4-3-5-9-13)15(12-22)20-23-21(27)14-10-6-7-11-16(14)25(20)24-19/h3-11,18H,2H2,1H3,(H,23,27). The Labute approximate surface area is 156 Å². The lowest BCUT2D eigenvalue weighted by molar-refractivity contribution is -0.112. The van der Waals surface area contributed by atoms with Crippen molar-refractivity contribution in [2.24, 2.45) is 5.10 Å². The molecular weight excluding hydrogens is 340 g/mol. The summed E-state index contributed by atoms with van der Waals surface area (Å²) in [5, 5.41) is 18.8. The van der Waals surface area contributed by atoms with Crippen LogP contribution < -0.4 is 10.3 Å². The third kappa shape index (κ3) is 2.61. The number of benzene rings is 2. The molecule has 6 heteroatoms. The first-order valence-corrected chi connectivity index (χ1v) is 8.67. The summed E-state index contributed by atoms with van der Waals surface area (Å²) in [6.45, 7) is 1.77. The van der Waals surface area contributed by atoms with Crippen LogP contribution in [0.1, 0.15) is 35.2 Å². The molecule has 0 radical (unpaired) electrons. The van der Waals surface area contributed by atoms with Crippen molar-refractivity contribution < 1.29 is 9.59 Å². The van der Waals surface area contributed by atoms with Gasteiger partial charge in [-0.25, -0.2) is 5.01 Å². The number of Topliss-reactive ketones (excluding diaryl/α,β-unsaturated/α-hetero) is 1. The van der Waals surface area contributed by atoms with Gasteiger partial charge in [0, 0.05) is 6.42 Å². The average Bonchev–Trinajstić information content (AvgIpc) is 2.73. The van der Waals surface area contributed by atoms with E-state index in [0.29, 0.717) is 28.4 Å². The van der Waals surface area contributed by atoms with Crippen molar-refractivity contribution in [2.45, 2.75) is 19.3 Å². The molecule has 0 aliphatic carbocycles. The van der Waals surface area contributed by atoms with Gasteiger partial charge >= 0.3 is 0 Å². The van der Waals surface area contributed by atoms with E-state index in [1.165, 1.54) is 5.01 Å². The van der Waals surface area contributed by atoms with Crippen molar-refractivity contribution in [2.75, 3.05) is 5.01 Å². The second-order valence-electron chi connectivity index (χ2n) is 6.26. The molecule has 4 rings (SSSR count). The number of amides is 1. The maximum atomic E-state index is 12.7. The molecule has 0 fully saturated rings. The SMILES string of the molecule is CCC(=O)C1=NN2C(=C(C#N)C1c1ccccc1)NC(=O)c1ccccc12. The molecular formula is C21H16N4O2. The van der Waals surface area contributed by atoms with Crippen molar-refractivity contribution in [3.05, 3.63) is 77.1 Å². The molecule has 1 amide bonds. The number of nitrogens with zero attached hydrogens (tertiary/aromatic N) is 3. The van der Waals surface area contributed by atoms with E-state index >= 15 is 0 Å². The molecule has 0 aromatic heterocycles. The summed E-state index contributed by atoms with van der Waals surface area (Å²) in [5.41, 5.74) is 2.39. The summed E-state index contributed by atoms with van der Waals surface area (Å²) >= 11 is 0. The zero-order valence-electron chi connectivity index (χ0n) is 14.6. The number of fused-ring (bicyclic) bond motifs is 3. The third-order valence-corrected chi connectivity index (χ3v) is 4.71. The van der Waals surface area contributed by atoms with Gasteiger partial charge in [0.05, 0.1) is 28.8 Å². The molecule has 6 nitrogen and oxygen atoms in total. The fraction of sp³-hybridized carbons (Fsp3) is 0.143. The van der Waals surface area contributed by atoms with E-state index in [1.54, 1.807) is 31.2 Å². The van der Waals surface area contributed by atoms with Crippen LogP contribution in [0.25, 0.3) is 0 Å². The molecule has 2 aromatic rings. The van der Waals surface area contributed by atoms with Gasteiger partial charge in [0.15, 0.2) is 5.78 Å². The number of carbonyl (C=O) groups excluding carboxylic acids is 2. The quantitative estimate of drug-likeness (QED) is 0.916. The second-order valence-corrected chi connectivity index (χ2v) is 6.26. The molecule has 0 bridgehead atoms. The first-order chi connectivity index (χ1) is 13.2. The number of carbonyl (C=O) groups is 2. The number of allylic oxidation sites excluding steroid dienone is 1. The molecule has 0 saturated heterocycles. The van der Waals surface area contributed by atoms with E-state index in [0.717, 1.165) is 5.56 Å². The zero-order valence-corrected chi connectivity index (χ0v) is 14.6. The fourth-order valence-corrected chi connectivity index (χ4v) is 3.41. The predicted molar refractivity (Wildman–Crippen MR) is 101 cm³/mol. The summed E-state index contributed by atoms with van der Waals surface area (Å²) in [7, 11) is 0. The van der Waals surface area contributed by atoms with E-state index in [1.807, 2.05) is 30.3 Å². The maximum absolute atomic E-state index is 12.7. The highest BCUT2D eigenvalue weighted by atomic mass is 16.2. The summed E-state index contributed by atoms with van der Waals surface area (Å²) < 4.78 is 0. The highest BCUT2D eigenvalue weighted by Crippen LogP contribution is 2.38. The molecule has 27 heavy (non-hydrogen) atoms. The number of para-hydroxylation sites is 1. The van der Waals surface area contributed by atoms with E-state index < -0.39 is 5.92 Å². The zero-order chi connectivity index (χ0) is 19.0. The van der Waals surface area contributed by atoms with E-state index in [4.69, 9.17) is 0 Å². The van der Waals surface area contributed by atoms with Crippen LogP contribution >= 0.6 is 0 Å². The van der Waals surface area contributed by atoms with Crippen LogP contribution in [0, 0.1) is 11.3 Å². The lowest BCUT2D eigenvalue weighted by Gasteiger charge is -2.36. The Kier molecular flexibility index (Phi) is 4.05. The topological polar surface area (TPSA) is 85.6 Å². The van der Waals surface area contributed by atoms with Crippen molar-refractivity contribution in [1.82, 2.24) is 5.32 Å². The summed E-state index contributed by atoms with van der Waals surface area (Å²) in [6, 6.07) is 18.5. The monoisotopic (exact) mass is 356 g/mol. The molecule has 0 saturated carbocycles. The minimum Gasteiger partial charge on any atom is -0.306 e. The van der Waals surface area contributed by atoms with E-state index in [-0.39, 0.29) is 18.1 Å². The molecule has 2 aliphatic heterocycles. The molecule has 1 N–H and O–H groups in total. The summed E-state index contributed by atoms with van der Waals surface area (Å²) in [6.07, 6.45) is 0.276. The van der Waals surface area contributed by atoms with Crippen LogP contribution in [0.3, 0.4) is 0 Å². The minimum atomic E-state index is -0.611. The number of hydrogen-bond acceptors (Lipinski definition) is 5. The Morgan fingerprint density at radius 2 is 1.89 bits per heavy atom. The van der Waals surface area contributed by atoms with Crippen molar-refractivity contribution in [3.63, 3.8) is 0 Å². The van der Waals surface area contributed by atoms with Crippen molar-refractivity contribution in [1.29, 1.82) is 5.26 Å². The van der Waals surface area contributed by atoms with Crippen molar-refractivity contribution >= 4 is 23.1 Å². The number of nitrogens with one attached hydrogen (secondary N) is 1. The van der Waals surface area contributed by atoms with E-state index in [9.17, 15) is 14.9 Å². The Hall–Kier alpha value is -3.72. The van der Waals surface area contributed by atoms with Gasteiger partial charge in [0.2, 0.25) is 0 Å². The van der Waals surface area contributed by atoms with Crippen LogP contribution in [-0.4, -0.2) is 17.4 Å². The number of ketones is 1. The maximum Gasteiger partial charge on any atom is 0.259 e. The summed E-state index contributed by atoms with van der Waals surface area (Å²) in [5.74, 6) is -0.731. The fourth-order valence-electron chi connectivity index (χ4n) is 3.41. The average molecular weight is 356 g/mol. The number of nitriles is 1. The van der Waals surface area contributed by atoms with Crippen LogP contribution in [0.2, 0.25) is 0 Å². The molecule has 2 heterocycles. The summed E-state index contributed by atoms with van der Waals surface area (Å²) in [4.78, 5) is 25.2. The van der Waals surface area contributed by atoms with Gasteiger partial charge in [-0.2, -0.15) is 10.4 Å². The van der Waals surface area contributed by atoms with Crippen LogP contribution in [-0.2, 0) is 4.79 Å². The minimum absolute atomic E-state index is 0.134. The Balaban J connectivity index is 1.98. The first-order valence-electron chi connectivity index (χ1n) is 8.67. The van der Waals surface area contributed by atoms with E-state index in [2.05, 4.69) is 16.5 Å². The third-order valence-electron chi connectivity index (χ3n) is 4.71. The number of rotatable bonds is 3. The van der Waals surface area contributed by atoms with Gasteiger partial charge < -0.3 is 5.32 Å². The molecule has 1 unspecified atom stereocenters. The first kappa shape index (κ1) is 16.7. The van der Waals surface area contributed by atoms with Crippen LogP contribution in [0.15, 0.2) is 71.1 Å². The van der Waals surface area contributed by atoms with Gasteiger partial charge in [-0.1, -0.05) is 49.4 Å². The second kappa shape index (κ2) is 6.54. The lowest BCUT2D eigenvalue weighted by Crippen LogP contribution is -2.45. The number of hydrogen-bond donors (Lipinski definition) is 1. The van der Waals surface area contributed by atoms with Gasteiger partial charge in [-0.3, -0.25) is 9.59 Å². The molecule has 132 valence electrons. The van der Waals surface area contributed by atoms with Gasteiger partial charge in [0.25, 0.3) is 5.91 Å². The largest absolute Gasteiger partial charge is 0.306 e. The van der Waals surface area contributed by atoms with Gasteiger partial charge in [-0.15, -0.1) is 0 Å². The Bertz CT molecular complexity index is 1050. The smallest absolute Gasteiger partial charge is 0.259 e. The predicted octanol–water partition coefficient (Wildman–Crippen LogP) is 3.10. The Morgan fingerprint density at radius 3 is 2.59 bits per heavy atom. The normalized spacial score (nSPS) is 18.1.